The Hall–Kier alpha value is -3.30. The van der Waals surface area contributed by atoms with Crippen molar-refractivity contribution in [2.75, 3.05) is 31.6 Å². The van der Waals surface area contributed by atoms with Crippen LogP contribution in [0.3, 0.4) is 0 Å². The van der Waals surface area contributed by atoms with Crippen LogP contribution in [0.15, 0.2) is 47.6 Å². The third-order valence-corrected chi connectivity index (χ3v) is 4.71. The number of hydrogen-bond acceptors (Lipinski definition) is 4. The summed E-state index contributed by atoms with van der Waals surface area (Å²) in [4.78, 5) is 21.4. The number of amides is 1. The second kappa shape index (κ2) is 10.1. The van der Waals surface area contributed by atoms with Crippen molar-refractivity contribution in [2.45, 2.75) is 25.6 Å². The van der Waals surface area contributed by atoms with E-state index in [9.17, 15) is 18.0 Å². The summed E-state index contributed by atoms with van der Waals surface area (Å²) >= 11 is 0. The van der Waals surface area contributed by atoms with E-state index >= 15 is 0 Å². The first-order valence-electron chi connectivity index (χ1n) is 9.86. The summed E-state index contributed by atoms with van der Waals surface area (Å²) in [6, 6.07) is 9.90. The van der Waals surface area contributed by atoms with Crippen LogP contribution in [0.4, 0.5) is 18.9 Å². The molecule has 2 aromatic rings. The van der Waals surface area contributed by atoms with E-state index in [0.717, 1.165) is 36.5 Å². The highest BCUT2D eigenvalue weighted by atomic mass is 19.4. The number of ether oxygens (including phenoxy) is 1. The minimum absolute atomic E-state index is 0.120. The molecule has 0 unspecified atom stereocenters. The van der Waals surface area contributed by atoms with Gasteiger partial charge in [-0.3, -0.25) is 9.79 Å². The van der Waals surface area contributed by atoms with Gasteiger partial charge < -0.3 is 20.3 Å². The summed E-state index contributed by atoms with van der Waals surface area (Å²) < 4.78 is 42.9. The Kier molecular flexibility index (Phi) is 7.32. The van der Waals surface area contributed by atoms with Gasteiger partial charge >= 0.3 is 6.18 Å². The Morgan fingerprint density at radius 2 is 1.97 bits per heavy atom. The lowest BCUT2D eigenvalue weighted by Gasteiger charge is -2.16. The molecular weight excluding hydrogens is 411 g/mol. The van der Waals surface area contributed by atoms with E-state index in [-0.39, 0.29) is 18.4 Å². The molecule has 1 aromatic carbocycles. The Bertz CT molecular complexity index is 899. The van der Waals surface area contributed by atoms with Gasteiger partial charge in [0.05, 0.1) is 12.1 Å². The first kappa shape index (κ1) is 22.4. The number of nitrogens with zero attached hydrogens (tertiary/aromatic N) is 3. The van der Waals surface area contributed by atoms with Crippen molar-refractivity contribution in [1.82, 2.24) is 15.6 Å². The van der Waals surface area contributed by atoms with Crippen molar-refractivity contribution in [3.05, 3.63) is 53.7 Å². The van der Waals surface area contributed by atoms with Crippen molar-refractivity contribution < 1.29 is 22.7 Å². The monoisotopic (exact) mass is 435 g/mol. The van der Waals surface area contributed by atoms with E-state index in [1.54, 1.807) is 11.9 Å². The number of guanidine groups is 1. The number of alkyl halides is 3. The highest BCUT2D eigenvalue weighted by Gasteiger charge is 2.30. The Labute approximate surface area is 178 Å². The molecule has 166 valence electrons. The minimum Gasteiger partial charge on any atom is -0.476 e. The number of rotatable bonds is 7. The van der Waals surface area contributed by atoms with Crippen LogP contribution in [-0.4, -0.2) is 43.6 Å². The molecule has 0 atom stereocenters. The molecule has 1 aliphatic rings. The topological polar surface area (TPSA) is 78.9 Å². The van der Waals surface area contributed by atoms with Crippen molar-refractivity contribution >= 4 is 17.6 Å². The largest absolute Gasteiger partial charge is 0.476 e. The molecule has 1 aromatic heterocycles. The summed E-state index contributed by atoms with van der Waals surface area (Å²) in [5.41, 5.74) is 1.12. The van der Waals surface area contributed by atoms with E-state index in [1.807, 2.05) is 24.3 Å². The first-order valence-corrected chi connectivity index (χ1v) is 9.86. The fraction of sp³-hybridized carbons (Fsp3) is 0.381. The van der Waals surface area contributed by atoms with Gasteiger partial charge in [-0.2, -0.15) is 13.2 Å². The number of aliphatic imine (C=N–C) groups is 1. The maximum Gasteiger partial charge on any atom is 0.417 e. The average Bonchev–Trinajstić information content (AvgIpc) is 3.19. The molecule has 0 aliphatic carbocycles. The van der Waals surface area contributed by atoms with Crippen molar-refractivity contribution in [3.63, 3.8) is 0 Å². The molecule has 1 amide bonds. The van der Waals surface area contributed by atoms with Gasteiger partial charge in [-0.05, 0) is 30.2 Å². The number of anilines is 1. The van der Waals surface area contributed by atoms with Gasteiger partial charge in [-0.25, -0.2) is 4.98 Å². The molecule has 2 heterocycles. The standard InChI is InChI=1S/C21H24F3N5O2/c1-25-20(26-10-12-31-18-9-6-16(14-27-18)21(22,23)24)28-13-15-4-7-17(8-5-15)29-11-2-3-19(29)30/h4-9,14H,2-3,10-13H2,1H3,(H2,25,26,28). The first-order chi connectivity index (χ1) is 14.9. The number of nitrogens with one attached hydrogen (secondary N) is 2. The third kappa shape index (κ3) is 6.34. The third-order valence-electron chi connectivity index (χ3n) is 4.71. The van der Waals surface area contributed by atoms with Crippen LogP contribution < -0.4 is 20.3 Å². The van der Waals surface area contributed by atoms with Gasteiger partial charge in [0, 0.05) is 44.5 Å². The normalized spacial score (nSPS) is 14.6. The number of pyridine rings is 1. The Morgan fingerprint density at radius 3 is 2.55 bits per heavy atom. The maximum absolute atomic E-state index is 12.5. The Balaban J connectivity index is 1.39. The SMILES string of the molecule is CN=C(NCCOc1ccc(C(F)(F)F)cn1)NCc1ccc(N2CCCC2=O)cc1. The van der Waals surface area contributed by atoms with Gasteiger partial charge in [0.15, 0.2) is 5.96 Å². The van der Waals surface area contributed by atoms with Gasteiger partial charge in [-0.15, -0.1) is 0 Å². The quantitative estimate of drug-likeness (QED) is 0.397. The average molecular weight is 435 g/mol. The van der Waals surface area contributed by atoms with Gasteiger partial charge in [0.25, 0.3) is 0 Å². The lowest BCUT2D eigenvalue weighted by Crippen LogP contribution is -2.38. The minimum atomic E-state index is -4.42. The molecule has 0 bridgehead atoms. The van der Waals surface area contributed by atoms with Gasteiger partial charge in [0.1, 0.15) is 6.61 Å². The molecular formula is C21H24F3N5O2. The number of aromatic nitrogens is 1. The van der Waals surface area contributed by atoms with E-state index in [2.05, 4.69) is 20.6 Å². The van der Waals surface area contributed by atoms with E-state index in [0.29, 0.717) is 25.5 Å². The van der Waals surface area contributed by atoms with Crippen LogP contribution in [-0.2, 0) is 17.5 Å². The molecule has 0 saturated carbocycles. The second-order valence-electron chi connectivity index (χ2n) is 6.90. The number of halogens is 3. The lowest BCUT2D eigenvalue weighted by molar-refractivity contribution is -0.137. The summed E-state index contributed by atoms with van der Waals surface area (Å²) in [5.74, 6) is 0.835. The van der Waals surface area contributed by atoms with Crippen LogP contribution in [0.5, 0.6) is 5.88 Å². The number of benzene rings is 1. The molecule has 1 fully saturated rings. The van der Waals surface area contributed by atoms with Crippen LogP contribution in [0.2, 0.25) is 0 Å². The summed E-state index contributed by atoms with van der Waals surface area (Å²) in [5, 5.41) is 6.23. The molecule has 31 heavy (non-hydrogen) atoms. The van der Waals surface area contributed by atoms with E-state index in [4.69, 9.17) is 4.74 Å². The predicted octanol–water partition coefficient (Wildman–Crippen LogP) is 2.97. The molecule has 1 saturated heterocycles. The van der Waals surface area contributed by atoms with E-state index in [1.165, 1.54) is 6.07 Å². The number of carbonyl (C=O) groups excluding carboxylic acids is 1. The molecule has 2 N–H and O–H groups in total. The molecule has 7 nitrogen and oxygen atoms in total. The van der Waals surface area contributed by atoms with Crippen LogP contribution in [0.25, 0.3) is 0 Å². The summed E-state index contributed by atoms with van der Waals surface area (Å²) in [6.07, 6.45) is -2.18. The van der Waals surface area contributed by atoms with Gasteiger partial charge in [0.2, 0.25) is 11.8 Å². The van der Waals surface area contributed by atoms with Crippen LogP contribution in [0.1, 0.15) is 24.0 Å². The summed E-state index contributed by atoms with van der Waals surface area (Å²) in [6.45, 7) is 1.89. The fourth-order valence-corrected chi connectivity index (χ4v) is 3.08. The zero-order chi connectivity index (χ0) is 22.3. The lowest BCUT2D eigenvalue weighted by atomic mass is 10.2. The summed E-state index contributed by atoms with van der Waals surface area (Å²) in [7, 11) is 1.63. The number of hydrogen-bond donors (Lipinski definition) is 2. The maximum atomic E-state index is 12.5. The molecule has 0 spiro atoms. The molecule has 1 aliphatic heterocycles. The van der Waals surface area contributed by atoms with Crippen molar-refractivity contribution in [1.29, 1.82) is 0 Å². The zero-order valence-corrected chi connectivity index (χ0v) is 17.1. The van der Waals surface area contributed by atoms with Crippen molar-refractivity contribution in [3.8, 4) is 5.88 Å². The Morgan fingerprint density at radius 1 is 1.19 bits per heavy atom. The highest BCUT2D eigenvalue weighted by Crippen LogP contribution is 2.29. The predicted molar refractivity (Wildman–Crippen MR) is 111 cm³/mol. The smallest absolute Gasteiger partial charge is 0.417 e. The molecule has 3 rings (SSSR count). The molecule has 10 heteroatoms. The fourth-order valence-electron chi connectivity index (χ4n) is 3.08. The number of carbonyl (C=O) groups is 1. The van der Waals surface area contributed by atoms with Gasteiger partial charge in [-0.1, -0.05) is 12.1 Å². The van der Waals surface area contributed by atoms with Crippen LogP contribution in [0, 0.1) is 0 Å². The zero-order valence-electron chi connectivity index (χ0n) is 17.1. The molecule has 0 radical (unpaired) electrons. The highest BCUT2D eigenvalue weighted by molar-refractivity contribution is 5.95. The van der Waals surface area contributed by atoms with Crippen molar-refractivity contribution in [2.24, 2.45) is 4.99 Å². The van der Waals surface area contributed by atoms with E-state index < -0.39 is 11.7 Å². The second-order valence-corrected chi connectivity index (χ2v) is 6.90. The van der Waals surface area contributed by atoms with Crippen LogP contribution >= 0.6 is 0 Å².